The topological polar surface area (TPSA) is 0 Å². The van der Waals surface area contributed by atoms with Crippen molar-refractivity contribution in [3.63, 3.8) is 0 Å². The van der Waals surface area contributed by atoms with Gasteiger partial charge in [0.1, 0.15) is 0 Å². The van der Waals surface area contributed by atoms with Crippen molar-refractivity contribution >= 4 is 0 Å². The van der Waals surface area contributed by atoms with Crippen molar-refractivity contribution < 1.29 is 0 Å². The molecule has 0 saturated heterocycles. The fourth-order valence-electron chi connectivity index (χ4n) is 8.28. The smallest absolute Gasteiger partial charge is 0.0116 e. The van der Waals surface area contributed by atoms with Gasteiger partial charge >= 0.3 is 0 Å². The van der Waals surface area contributed by atoms with Gasteiger partial charge in [0.05, 0.1) is 0 Å². The third kappa shape index (κ3) is 5.90. The molecule has 0 radical (unpaired) electrons. The van der Waals surface area contributed by atoms with Crippen molar-refractivity contribution in [2.45, 2.75) is 122 Å². The van der Waals surface area contributed by atoms with Crippen molar-refractivity contribution in [3.05, 3.63) is 36.5 Å². The fraction of sp³-hybridized carbons (Fsp3) is 0.818. The van der Waals surface area contributed by atoms with Gasteiger partial charge in [-0.3, -0.25) is 0 Å². The van der Waals surface area contributed by atoms with Gasteiger partial charge in [0.25, 0.3) is 0 Å². The van der Waals surface area contributed by atoms with E-state index in [0.717, 1.165) is 41.4 Å². The van der Waals surface area contributed by atoms with Crippen LogP contribution in [0.3, 0.4) is 0 Å². The summed E-state index contributed by atoms with van der Waals surface area (Å²) in [6.45, 7) is 16.1. The molecular formula is C33H52. The summed E-state index contributed by atoms with van der Waals surface area (Å²) in [5.41, 5.74) is 5.32. The lowest BCUT2D eigenvalue weighted by molar-refractivity contribution is 0.142. The number of rotatable bonds is 9. The molecule has 2 atom stereocenters. The third-order valence-corrected chi connectivity index (χ3v) is 11.2. The predicted octanol–water partition coefficient (Wildman–Crippen LogP) is 10.1. The van der Waals surface area contributed by atoms with E-state index in [9.17, 15) is 0 Å². The zero-order valence-corrected chi connectivity index (χ0v) is 21.9. The van der Waals surface area contributed by atoms with Gasteiger partial charge in [-0.25, -0.2) is 0 Å². The van der Waals surface area contributed by atoms with Crippen LogP contribution in [0.25, 0.3) is 0 Å². The predicted molar refractivity (Wildman–Crippen MR) is 143 cm³/mol. The van der Waals surface area contributed by atoms with Crippen LogP contribution in [0.2, 0.25) is 0 Å². The van der Waals surface area contributed by atoms with Crippen LogP contribution in [0, 0.1) is 46.8 Å². The largest absolute Gasteiger partial charge is 0.0998 e. The highest BCUT2D eigenvalue weighted by molar-refractivity contribution is 5.21. The zero-order valence-electron chi connectivity index (χ0n) is 21.9. The minimum Gasteiger partial charge on any atom is -0.0998 e. The number of hydrogen-bond acceptors (Lipinski definition) is 0. The Kier molecular flexibility index (Phi) is 7.30. The average molecular weight is 449 g/mol. The molecule has 0 nitrogen and oxygen atoms in total. The summed E-state index contributed by atoms with van der Waals surface area (Å²) in [4.78, 5) is 0. The van der Waals surface area contributed by atoms with E-state index < -0.39 is 0 Å². The lowest BCUT2D eigenvalue weighted by Gasteiger charge is -2.41. The van der Waals surface area contributed by atoms with Crippen LogP contribution in [0.15, 0.2) is 36.5 Å². The highest BCUT2D eigenvalue weighted by Crippen LogP contribution is 2.56. The molecule has 0 aromatic rings. The summed E-state index contributed by atoms with van der Waals surface area (Å²) >= 11 is 0. The van der Waals surface area contributed by atoms with Gasteiger partial charge in [0.15, 0.2) is 0 Å². The van der Waals surface area contributed by atoms with E-state index in [0.29, 0.717) is 5.41 Å². The summed E-state index contributed by atoms with van der Waals surface area (Å²) < 4.78 is 0. The Morgan fingerprint density at radius 1 is 0.636 bits per heavy atom. The molecule has 2 unspecified atom stereocenters. The summed E-state index contributed by atoms with van der Waals surface area (Å²) in [5, 5.41) is 0. The monoisotopic (exact) mass is 448 g/mol. The van der Waals surface area contributed by atoms with Gasteiger partial charge in [-0.2, -0.15) is 0 Å². The molecule has 0 amide bonds. The van der Waals surface area contributed by atoms with Crippen LogP contribution in [0.4, 0.5) is 0 Å². The van der Waals surface area contributed by atoms with E-state index in [1.54, 1.807) is 16.7 Å². The zero-order chi connectivity index (χ0) is 23.0. The van der Waals surface area contributed by atoms with E-state index in [4.69, 9.17) is 6.58 Å². The molecule has 5 rings (SSSR count). The van der Waals surface area contributed by atoms with Gasteiger partial charge in [-0.15, -0.1) is 0 Å². The van der Waals surface area contributed by atoms with E-state index >= 15 is 0 Å². The number of allylic oxidation sites excluding steroid dienone is 3. The molecule has 5 fully saturated rings. The lowest BCUT2D eigenvalue weighted by Crippen LogP contribution is -2.29. The molecule has 0 aliphatic heterocycles. The molecule has 33 heavy (non-hydrogen) atoms. The second-order valence-electron chi connectivity index (χ2n) is 13.7. The van der Waals surface area contributed by atoms with E-state index in [-0.39, 0.29) is 0 Å². The SMILES string of the molecule is C=C(CC1CC1)CC1CCCC(C2CCC(C(=C)C3CCC(C(=C)C4(C)CC4)CC3)CC2)C1. The van der Waals surface area contributed by atoms with Crippen LogP contribution in [-0.4, -0.2) is 0 Å². The normalized spacial score (nSPS) is 38.5. The van der Waals surface area contributed by atoms with Crippen LogP contribution < -0.4 is 0 Å². The first kappa shape index (κ1) is 23.9. The van der Waals surface area contributed by atoms with Crippen molar-refractivity contribution in [3.8, 4) is 0 Å². The Balaban J connectivity index is 1.04. The van der Waals surface area contributed by atoms with E-state index in [1.807, 2.05) is 0 Å². The first-order chi connectivity index (χ1) is 15.9. The van der Waals surface area contributed by atoms with Crippen LogP contribution in [0.5, 0.6) is 0 Å². The molecule has 0 N–H and O–H groups in total. The van der Waals surface area contributed by atoms with Crippen molar-refractivity contribution in [1.29, 1.82) is 0 Å². The molecule has 0 heteroatoms. The maximum Gasteiger partial charge on any atom is -0.0116 e. The van der Waals surface area contributed by atoms with Crippen molar-refractivity contribution in [2.75, 3.05) is 0 Å². The summed E-state index contributed by atoms with van der Waals surface area (Å²) in [6.07, 6.45) is 25.7. The molecule has 0 spiro atoms. The average Bonchev–Trinajstić information content (AvgIpc) is 3.77. The first-order valence-electron chi connectivity index (χ1n) is 15.0. The van der Waals surface area contributed by atoms with Crippen molar-refractivity contribution in [2.24, 2.45) is 46.8 Å². The van der Waals surface area contributed by atoms with E-state index in [1.165, 1.54) is 116 Å². The minimum absolute atomic E-state index is 0.509. The van der Waals surface area contributed by atoms with Gasteiger partial charge in [-0.1, -0.05) is 62.6 Å². The van der Waals surface area contributed by atoms with Crippen LogP contribution >= 0.6 is 0 Å². The molecule has 0 aromatic carbocycles. The van der Waals surface area contributed by atoms with Gasteiger partial charge in [0.2, 0.25) is 0 Å². The molecule has 5 aliphatic carbocycles. The Morgan fingerprint density at radius 2 is 1.21 bits per heavy atom. The standard InChI is InChI=1S/C33H52/c1-23(20-26-8-9-26)21-27-6-5-7-32(22-27)31-16-12-29(13-17-31)24(2)28-10-14-30(15-11-28)25(3)33(4)18-19-33/h26-32H,1-3,5-22H2,4H3. The molecule has 5 aliphatic rings. The summed E-state index contributed by atoms with van der Waals surface area (Å²) in [6, 6.07) is 0. The van der Waals surface area contributed by atoms with Gasteiger partial charge < -0.3 is 0 Å². The Labute approximate surface area is 205 Å². The first-order valence-corrected chi connectivity index (χ1v) is 15.0. The molecule has 0 bridgehead atoms. The second-order valence-corrected chi connectivity index (χ2v) is 13.7. The Hall–Kier alpha value is -0.780. The summed E-state index contributed by atoms with van der Waals surface area (Å²) in [7, 11) is 0. The van der Waals surface area contributed by atoms with Crippen molar-refractivity contribution in [1.82, 2.24) is 0 Å². The lowest BCUT2D eigenvalue weighted by atomic mass is 9.65. The third-order valence-electron chi connectivity index (χ3n) is 11.2. The van der Waals surface area contributed by atoms with E-state index in [2.05, 4.69) is 20.1 Å². The Bertz CT molecular complexity index is 715. The maximum atomic E-state index is 4.71. The molecule has 0 heterocycles. The number of hydrogen-bond donors (Lipinski definition) is 0. The summed E-state index contributed by atoms with van der Waals surface area (Å²) in [5.74, 6) is 6.41. The molecule has 184 valence electrons. The second kappa shape index (κ2) is 10.1. The van der Waals surface area contributed by atoms with Gasteiger partial charge in [0, 0.05) is 0 Å². The Morgan fingerprint density at radius 3 is 1.82 bits per heavy atom. The fourth-order valence-corrected chi connectivity index (χ4v) is 8.28. The quantitative estimate of drug-likeness (QED) is 0.308. The minimum atomic E-state index is 0.509. The highest BCUT2D eigenvalue weighted by atomic mass is 14.5. The highest BCUT2D eigenvalue weighted by Gasteiger charge is 2.43. The molecular weight excluding hydrogens is 396 g/mol. The molecule has 5 saturated carbocycles. The van der Waals surface area contributed by atoms with Crippen LogP contribution in [0.1, 0.15) is 122 Å². The van der Waals surface area contributed by atoms with Gasteiger partial charge in [-0.05, 0) is 143 Å². The van der Waals surface area contributed by atoms with Crippen LogP contribution in [-0.2, 0) is 0 Å². The molecule has 0 aromatic heterocycles. The maximum absolute atomic E-state index is 4.71.